The van der Waals surface area contributed by atoms with E-state index in [1.807, 2.05) is 18.2 Å². The summed E-state index contributed by atoms with van der Waals surface area (Å²) in [5.41, 5.74) is 3.19. The number of para-hydroxylation sites is 1. The van der Waals surface area contributed by atoms with E-state index in [2.05, 4.69) is 63.5 Å². The number of nitrogens with zero attached hydrogens (tertiary/aromatic N) is 3. The molecule has 0 radical (unpaired) electrons. The summed E-state index contributed by atoms with van der Waals surface area (Å²) in [6.07, 6.45) is 4.46. The zero-order chi connectivity index (χ0) is 16.9. The standard InChI is InChI=1S/C21H23N3O/c1-2-7-18(8-3-1)9-6-12-23-13-15-24(16-14-23)17-20-19-10-4-5-11-21(19)25-22-20/h1-11H,12-17H2/b9-6+. The quantitative estimate of drug-likeness (QED) is 0.713. The highest BCUT2D eigenvalue weighted by atomic mass is 16.5. The van der Waals surface area contributed by atoms with Crippen LogP contribution in [0.2, 0.25) is 0 Å². The number of hydrogen-bond acceptors (Lipinski definition) is 4. The van der Waals surface area contributed by atoms with E-state index in [9.17, 15) is 0 Å². The fourth-order valence-corrected chi connectivity index (χ4v) is 3.30. The number of benzene rings is 2. The molecule has 4 heteroatoms. The van der Waals surface area contributed by atoms with E-state index in [1.54, 1.807) is 0 Å². The molecule has 4 rings (SSSR count). The number of hydrogen-bond donors (Lipinski definition) is 0. The van der Waals surface area contributed by atoms with Gasteiger partial charge in [0.05, 0.1) is 0 Å². The normalized spacial score (nSPS) is 16.8. The van der Waals surface area contributed by atoms with Crippen LogP contribution in [0.15, 0.2) is 65.2 Å². The van der Waals surface area contributed by atoms with E-state index in [-0.39, 0.29) is 0 Å². The van der Waals surface area contributed by atoms with Crippen LogP contribution < -0.4 is 0 Å². The van der Waals surface area contributed by atoms with Gasteiger partial charge in [-0.2, -0.15) is 0 Å². The molecule has 0 unspecified atom stereocenters. The van der Waals surface area contributed by atoms with Gasteiger partial charge in [0, 0.05) is 44.7 Å². The molecule has 0 saturated carbocycles. The molecule has 2 aromatic carbocycles. The molecule has 0 aliphatic carbocycles. The molecule has 128 valence electrons. The second kappa shape index (κ2) is 7.64. The van der Waals surface area contributed by atoms with Crippen LogP contribution in [-0.2, 0) is 6.54 Å². The van der Waals surface area contributed by atoms with E-state index in [0.717, 1.165) is 55.9 Å². The van der Waals surface area contributed by atoms with Crippen molar-refractivity contribution in [2.75, 3.05) is 32.7 Å². The second-order valence-corrected chi connectivity index (χ2v) is 6.52. The average Bonchev–Trinajstić information content (AvgIpc) is 3.07. The maximum Gasteiger partial charge on any atom is 0.167 e. The maximum absolute atomic E-state index is 5.41. The molecule has 0 amide bonds. The molecule has 1 aromatic heterocycles. The van der Waals surface area contributed by atoms with Crippen molar-refractivity contribution >= 4 is 17.0 Å². The van der Waals surface area contributed by atoms with Crippen LogP contribution in [0.1, 0.15) is 11.3 Å². The predicted molar refractivity (Wildman–Crippen MR) is 101 cm³/mol. The van der Waals surface area contributed by atoms with E-state index >= 15 is 0 Å². The summed E-state index contributed by atoms with van der Waals surface area (Å²) in [6, 6.07) is 18.6. The highest BCUT2D eigenvalue weighted by Gasteiger charge is 2.18. The average molecular weight is 333 g/mol. The SMILES string of the molecule is C(=C\c1ccccc1)/CN1CCN(Cc2noc3ccccc23)CC1. The number of aromatic nitrogens is 1. The van der Waals surface area contributed by atoms with Crippen LogP contribution in [-0.4, -0.2) is 47.7 Å². The highest BCUT2D eigenvalue weighted by Crippen LogP contribution is 2.19. The molecule has 0 bridgehead atoms. The fourth-order valence-electron chi connectivity index (χ4n) is 3.30. The van der Waals surface area contributed by atoms with Gasteiger partial charge < -0.3 is 4.52 Å². The Morgan fingerprint density at radius 1 is 0.880 bits per heavy atom. The first kappa shape index (κ1) is 16.1. The summed E-state index contributed by atoms with van der Waals surface area (Å²) in [7, 11) is 0. The van der Waals surface area contributed by atoms with Crippen LogP contribution in [0.5, 0.6) is 0 Å². The molecule has 1 aliphatic heterocycles. The fraction of sp³-hybridized carbons (Fsp3) is 0.286. The van der Waals surface area contributed by atoms with Gasteiger partial charge in [-0.1, -0.05) is 59.8 Å². The first-order valence-electron chi connectivity index (χ1n) is 8.88. The van der Waals surface area contributed by atoms with Gasteiger partial charge in [0.25, 0.3) is 0 Å². The molecule has 4 nitrogen and oxygen atoms in total. The lowest BCUT2D eigenvalue weighted by Crippen LogP contribution is -2.45. The molecule has 3 aromatic rings. The van der Waals surface area contributed by atoms with E-state index in [4.69, 9.17) is 4.52 Å². The zero-order valence-electron chi connectivity index (χ0n) is 14.3. The first-order chi connectivity index (χ1) is 12.4. The van der Waals surface area contributed by atoms with Gasteiger partial charge in [0.15, 0.2) is 5.58 Å². The molecule has 1 saturated heterocycles. The van der Waals surface area contributed by atoms with Crippen molar-refractivity contribution in [3.63, 3.8) is 0 Å². The topological polar surface area (TPSA) is 32.5 Å². The van der Waals surface area contributed by atoms with Gasteiger partial charge in [-0.25, -0.2) is 0 Å². The molecule has 2 heterocycles. The van der Waals surface area contributed by atoms with E-state index in [0.29, 0.717) is 0 Å². The molecule has 0 spiro atoms. The largest absolute Gasteiger partial charge is 0.356 e. The number of fused-ring (bicyclic) bond motifs is 1. The van der Waals surface area contributed by atoms with Crippen LogP contribution in [0.3, 0.4) is 0 Å². The van der Waals surface area contributed by atoms with Crippen LogP contribution in [0.4, 0.5) is 0 Å². The summed E-state index contributed by atoms with van der Waals surface area (Å²) in [4.78, 5) is 4.96. The van der Waals surface area contributed by atoms with Gasteiger partial charge in [0.1, 0.15) is 5.69 Å². The maximum atomic E-state index is 5.41. The minimum Gasteiger partial charge on any atom is -0.356 e. The van der Waals surface area contributed by atoms with E-state index < -0.39 is 0 Å². The van der Waals surface area contributed by atoms with Crippen molar-refractivity contribution in [2.45, 2.75) is 6.54 Å². The van der Waals surface area contributed by atoms with Gasteiger partial charge in [-0.3, -0.25) is 9.80 Å². The van der Waals surface area contributed by atoms with Gasteiger partial charge in [-0.15, -0.1) is 0 Å². The first-order valence-corrected chi connectivity index (χ1v) is 8.88. The summed E-state index contributed by atoms with van der Waals surface area (Å²) in [5, 5.41) is 5.39. The number of piperazine rings is 1. The Kier molecular flexibility index (Phi) is 4.91. The lowest BCUT2D eigenvalue weighted by Gasteiger charge is -2.33. The van der Waals surface area contributed by atoms with Crippen molar-refractivity contribution in [2.24, 2.45) is 0 Å². The third-order valence-corrected chi connectivity index (χ3v) is 4.76. The monoisotopic (exact) mass is 333 g/mol. The lowest BCUT2D eigenvalue weighted by molar-refractivity contribution is 0.135. The summed E-state index contributed by atoms with van der Waals surface area (Å²) in [6.45, 7) is 6.20. The van der Waals surface area contributed by atoms with Crippen molar-refractivity contribution in [1.29, 1.82) is 0 Å². The van der Waals surface area contributed by atoms with Crippen molar-refractivity contribution < 1.29 is 4.52 Å². The smallest absolute Gasteiger partial charge is 0.167 e. The Morgan fingerprint density at radius 3 is 2.44 bits per heavy atom. The zero-order valence-corrected chi connectivity index (χ0v) is 14.3. The Morgan fingerprint density at radius 2 is 1.60 bits per heavy atom. The van der Waals surface area contributed by atoms with Crippen molar-refractivity contribution in [3.05, 3.63) is 71.9 Å². The van der Waals surface area contributed by atoms with Gasteiger partial charge in [-0.05, 0) is 17.7 Å². The molecule has 1 fully saturated rings. The lowest BCUT2D eigenvalue weighted by atomic mass is 10.2. The number of rotatable bonds is 5. The van der Waals surface area contributed by atoms with Crippen molar-refractivity contribution in [3.8, 4) is 0 Å². The van der Waals surface area contributed by atoms with Crippen LogP contribution in [0.25, 0.3) is 17.0 Å². The Labute approximate surface area is 148 Å². The van der Waals surface area contributed by atoms with Crippen molar-refractivity contribution in [1.82, 2.24) is 15.0 Å². The van der Waals surface area contributed by atoms with Crippen LogP contribution >= 0.6 is 0 Å². The molecule has 0 N–H and O–H groups in total. The Balaban J connectivity index is 1.28. The van der Waals surface area contributed by atoms with Gasteiger partial charge in [0.2, 0.25) is 0 Å². The minimum atomic E-state index is 0.866. The third kappa shape index (κ3) is 3.98. The minimum absolute atomic E-state index is 0.866. The predicted octanol–water partition coefficient (Wildman–Crippen LogP) is 3.66. The molecule has 25 heavy (non-hydrogen) atoms. The highest BCUT2D eigenvalue weighted by molar-refractivity contribution is 5.79. The van der Waals surface area contributed by atoms with Gasteiger partial charge >= 0.3 is 0 Å². The summed E-state index contributed by atoms with van der Waals surface area (Å²) < 4.78 is 5.41. The Bertz CT molecular complexity index is 832. The molecule has 1 aliphatic rings. The van der Waals surface area contributed by atoms with E-state index in [1.165, 1.54) is 5.56 Å². The molecular weight excluding hydrogens is 310 g/mol. The molecule has 0 atom stereocenters. The third-order valence-electron chi connectivity index (χ3n) is 4.76. The molecular formula is C21H23N3O. The van der Waals surface area contributed by atoms with Crippen LogP contribution in [0, 0.1) is 0 Å². The summed E-state index contributed by atoms with van der Waals surface area (Å²) >= 11 is 0. The second-order valence-electron chi connectivity index (χ2n) is 6.52. The summed E-state index contributed by atoms with van der Waals surface area (Å²) in [5.74, 6) is 0. The Hall–Kier alpha value is -2.43.